The highest BCUT2D eigenvalue weighted by molar-refractivity contribution is 6.31. The molecule has 0 aliphatic heterocycles. The van der Waals surface area contributed by atoms with Crippen molar-refractivity contribution in [1.29, 1.82) is 0 Å². The average Bonchev–Trinajstić information content (AvgIpc) is 2.64. The molecule has 1 aromatic heterocycles. The van der Waals surface area contributed by atoms with Crippen LogP contribution in [-0.2, 0) is 16.1 Å². The Bertz CT molecular complexity index is 988. The van der Waals surface area contributed by atoms with Crippen LogP contribution in [0.1, 0.15) is 43.1 Å². The van der Waals surface area contributed by atoms with E-state index in [0.29, 0.717) is 34.7 Å². The highest BCUT2D eigenvalue weighted by Gasteiger charge is 2.17. The van der Waals surface area contributed by atoms with Crippen LogP contribution >= 0.6 is 11.6 Å². The predicted molar refractivity (Wildman–Crippen MR) is 103 cm³/mol. The first-order valence-corrected chi connectivity index (χ1v) is 8.77. The zero-order chi connectivity index (χ0) is 20.0. The minimum atomic E-state index is -0.813. The summed E-state index contributed by atoms with van der Waals surface area (Å²) in [6.07, 6.45) is 3.61. The molecule has 0 radical (unpaired) electrons. The van der Waals surface area contributed by atoms with Gasteiger partial charge in [-0.2, -0.15) is 0 Å². The van der Waals surface area contributed by atoms with Gasteiger partial charge in [-0.3, -0.25) is 4.79 Å². The summed E-state index contributed by atoms with van der Waals surface area (Å²) in [6, 6.07) is 6.51. The number of rotatable bonds is 6. The number of nitrogens with one attached hydrogen (secondary N) is 1. The number of fused-ring (bicyclic) bond motifs is 1. The Morgan fingerprint density at radius 2 is 2.04 bits per heavy atom. The van der Waals surface area contributed by atoms with Crippen molar-refractivity contribution in [2.75, 3.05) is 0 Å². The number of amides is 1. The van der Waals surface area contributed by atoms with Crippen LogP contribution in [0.25, 0.3) is 11.0 Å². The lowest BCUT2D eigenvalue weighted by atomic mass is 10.1. The summed E-state index contributed by atoms with van der Waals surface area (Å²) < 4.78 is 10.5. The summed E-state index contributed by atoms with van der Waals surface area (Å²) in [6.45, 7) is 5.31. The number of allylic oxidation sites excluding steroid dienone is 4. The van der Waals surface area contributed by atoms with Gasteiger partial charge in [0.2, 0.25) is 5.91 Å². The Kier molecular flexibility index (Phi) is 6.96. The molecule has 0 spiro atoms. The standard InChI is InChI=1S/C20H20ClNO5/c1-4-15(21)10-16(5-2)26-19(24)17-9-14-8-13(11-22-12(3)23)6-7-18(14)27-20(17)25/h4,6-10H,5,11H2,1-3H3,(H,22,23)/b15-4+,16-10+. The fraction of sp³-hybridized carbons (Fsp3) is 0.250. The van der Waals surface area contributed by atoms with Gasteiger partial charge in [0.1, 0.15) is 16.9 Å². The van der Waals surface area contributed by atoms with E-state index in [9.17, 15) is 14.4 Å². The number of benzene rings is 1. The molecule has 1 aromatic carbocycles. The molecule has 2 aromatic rings. The van der Waals surface area contributed by atoms with Gasteiger partial charge in [-0.1, -0.05) is 30.7 Å². The van der Waals surface area contributed by atoms with Gasteiger partial charge in [-0.25, -0.2) is 9.59 Å². The normalized spacial score (nSPS) is 12.1. The molecular formula is C20H20ClNO5. The lowest BCUT2D eigenvalue weighted by Crippen LogP contribution is -2.19. The van der Waals surface area contributed by atoms with Crippen molar-refractivity contribution in [3.63, 3.8) is 0 Å². The molecule has 0 aliphatic carbocycles. The number of hydrogen-bond donors (Lipinski definition) is 1. The zero-order valence-corrected chi connectivity index (χ0v) is 16.1. The van der Waals surface area contributed by atoms with Gasteiger partial charge in [0.25, 0.3) is 0 Å². The topological polar surface area (TPSA) is 85.6 Å². The van der Waals surface area contributed by atoms with Crippen molar-refractivity contribution in [3.8, 4) is 0 Å². The van der Waals surface area contributed by atoms with E-state index in [2.05, 4.69) is 5.32 Å². The molecule has 27 heavy (non-hydrogen) atoms. The van der Waals surface area contributed by atoms with Crippen LogP contribution in [0.2, 0.25) is 0 Å². The van der Waals surface area contributed by atoms with Crippen LogP contribution in [0.3, 0.4) is 0 Å². The van der Waals surface area contributed by atoms with Crippen LogP contribution in [0.15, 0.2) is 56.4 Å². The van der Waals surface area contributed by atoms with Gasteiger partial charge >= 0.3 is 11.6 Å². The maximum atomic E-state index is 12.4. The monoisotopic (exact) mass is 389 g/mol. The third-order valence-electron chi connectivity index (χ3n) is 3.70. The summed E-state index contributed by atoms with van der Waals surface area (Å²) in [5.41, 5.74) is 0.149. The smallest absolute Gasteiger partial charge is 0.351 e. The van der Waals surface area contributed by atoms with E-state index in [-0.39, 0.29) is 11.5 Å². The average molecular weight is 390 g/mol. The Labute approximate surface area is 161 Å². The maximum Gasteiger partial charge on any atom is 0.351 e. The number of carbonyl (C=O) groups excluding carboxylic acids is 2. The third-order valence-corrected chi connectivity index (χ3v) is 4.03. The van der Waals surface area contributed by atoms with E-state index in [1.54, 1.807) is 38.1 Å². The van der Waals surface area contributed by atoms with Crippen molar-refractivity contribution in [2.45, 2.75) is 33.7 Å². The highest BCUT2D eigenvalue weighted by Crippen LogP contribution is 2.18. The molecule has 0 aliphatic rings. The second-order valence-electron chi connectivity index (χ2n) is 5.76. The summed E-state index contributed by atoms with van der Waals surface area (Å²) in [7, 11) is 0. The zero-order valence-electron chi connectivity index (χ0n) is 15.3. The van der Waals surface area contributed by atoms with Gasteiger partial charge in [0.15, 0.2) is 0 Å². The van der Waals surface area contributed by atoms with Crippen LogP contribution in [0.4, 0.5) is 0 Å². The second kappa shape index (κ2) is 9.19. The molecule has 1 heterocycles. The van der Waals surface area contributed by atoms with Crippen molar-refractivity contribution >= 4 is 34.4 Å². The Morgan fingerprint density at radius 3 is 2.67 bits per heavy atom. The van der Waals surface area contributed by atoms with Crippen LogP contribution in [-0.4, -0.2) is 11.9 Å². The lowest BCUT2D eigenvalue weighted by Gasteiger charge is -2.08. The van der Waals surface area contributed by atoms with Gasteiger partial charge in [-0.15, -0.1) is 0 Å². The van der Waals surface area contributed by atoms with Crippen molar-refractivity contribution in [2.24, 2.45) is 0 Å². The largest absolute Gasteiger partial charge is 0.427 e. The number of hydrogen-bond acceptors (Lipinski definition) is 5. The SMILES string of the molecule is C/C=C(Cl)\C=C(/CC)OC(=O)c1cc2cc(CNC(C)=O)ccc2oc1=O. The molecule has 0 bridgehead atoms. The molecule has 0 unspecified atom stereocenters. The van der Waals surface area contributed by atoms with E-state index >= 15 is 0 Å². The van der Waals surface area contributed by atoms with E-state index in [1.807, 2.05) is 0 Å². The van der Waals surface area contributed by atoms with Crippen LogP contribution in [0.5, 0.6) is 0 Å². The molecule has 0 saturated carbocycles. The number of esters is 1. The van der Waals surface area contributed by atoms with E-state index < -0.39 is 11.6 Å². The van der Waals surface area contributed by atoms with Crippen LogP contribution in [0, 0.1) is 0 Å². The quantitative estimate of drug-likeness (QED) is 0.349. The Hall–Kier alpha value is -2.86. The summed E-state index contributed by atoms with van der Waals surface area (Å²) in [5.74, 6) is -0.633. The Morgan fingerprint density at radius 1 is 1.30 bits per heavy atom. The van der Waals surface area contributed by atoms with Crippen molar-refractivity contribution in [1.82, 2.24) is 5.32 Å². The number of ether oxygens (including phenoxy) is 1. The molecule has 1 amide bonds. The second-order valence-corrected chi connectivity index (χ2v) is 6.19. The first-order chi connectivity index (χ1) is 12.8. The molecule has 7 heteroatoms. The van der Waals surface area contributed by atoms with E-state index in [1.165, 1.54) is 19.1 Å². The fourth-order valence-corrected chi connectivity index (χ4v) is 2.39. The predicted octanol–water partition coefficient (Wildman–Crippen LogP) is 4.02. The van der Waals surface area contributed by atoms with Crippen LogP contribution < -0.4 is 10.9 Å². The first-order valence-electron chi connectivity index (χ1n) is 8.39. The van der Waals surface area contributed by atoms with Gasteiger partial charge < -0.3 is 14.5 Å². The molecule has 2 rings (SSSR count). The summed E-state index contributed by atoms with van der Waals surface area (Å²) in [4.78, 5) is 35.6. The van der Waals surface area contributed by atoms with Gasteiger partial charge in [-0.05, 0) is 36.8 Å². The van der Waals surface area contributed by atoms with E-state index in [4.69, 9.17) is 20.8 Å². The number of halogens is 1. The molecule has 0 saturated heterocycles. The Balaban J connectivity index is 2.35. The molecule has 0 fully saturated rings. The third kappa shape index (κ3) is 5.56. The first kappa shape index (κ1) is 20.5. The molecule has 142 valence electrons. The summed E-state index contributed by atoms with van der Waals surface area (Å²) in [5, 5.41) is 3.66. The minimum Gasteiger partial charge on any atom is -0.427 e. The minimum absolute atomic E-state index is 0.155. The highest BCUT2D eigenvalue weighted by atomic mass is 35.5. The summed E-state index contributed by atoms with van der Waals surface area (Å²) >= 11 is 5.93. The molecule has 1 N–H and O–H groups in total. The number of carbonyl (C=O) groups is 2. The molecule has 6 nitrogen and oxygen atoms in total. The molecular weight excluding hydrogens is 370 g/mol. The van der Waals surface area contributed by atoms with Gasteiger partial charge in [0.05, 0.1) is 0 Å². The van der Waals surface area contributed by atoms with Crippen molar-refractivity contribution in [3.05, 3.63) is 68.8 Å². The fourth-order valence-electron chi connectivity index (χ4n) is 2.27. The maximum absolute atomic E-state index is 12.4. The lowest BCUT2D eigenvalue weighted by molar-refractivity contribution is -0.119. The van der Waals surface area contributed by atoms with E-state index in [0.717, 1.165) is 5.56 Å². The molecule has 0 atom stereocenters. The van der Waals surface area contributed by atoms with Gasteiger partial charge in [0, 0.05) is 30.3 Å². The van der Waals surface area contributed by atoms with Crippen molar-refractivity contribution < 1.29 is 18.7 Å².